The molecule has 0 aliphatic heterocycles. The maximum atomic E-state index is 12.2. The fourth-order valence-corrected chi connectivity index (χ4v) is 5.34. The van der Waals surface area contributed by atoms with E-state index in [1.165, 1.54) is 18.9 Å². The maximum Gasteiger partial charge on any atom is 0.338 e. The number of hydrogen-bond acceptors (Lipinski definition) is 5. The van der Waals surface area contributed by atoms with Crippen molar-refractivity contribution in [2.24, 2.45) is 0 Å². The smallest absolute Gasteiger partial charge is 0.338 e. The highest BCUT2D eigenvalue weighted by molar-refractivity contribution is 9.10. The average molecular weight is 561 g/mol. The van der Waals surface area contributed by atoms with E-state index in [1.807, 2.05) is 66.7 Å². The lowest BCUT2D eigenvalue weighted by Crippen LogP contribution is -2.07. The van der Waals surface area contributed by atoms with Crippen LogP contribution in [0.4, 0.5) is 0 Å². The van der Waals surface area contributed by atoms with Gasteiger partial charge < -0.3 is 4.74 Å². The molecule has 0 saturated heterocycles. The van der Waals surface area contributed by atoms with Crippen LogP contribution in [0.2, 0.25) is 0 Å². The van der Waals surface area contributed by atoms with Gasteiger partial charge in [-0.15, -0.1) is 0 Å². The van der Waals surface area contributed by atoms with Crippen molar-refractivity contribution in [3.05, 3.63) is 111 Å². The molecule has 0 aliphatic carbocycles. The normalized spacial score (nSPS) is 12.1. The van der Waals surface area contributed by atoms with Gasteiger partial charge in [-0.3, -0.25) is 4.79 Å². The van der Waals surface area contributed by atoms with Crippen LogP contribution in [0.15, 0.2) is 83.3 Å². The van der Waals surface area contributed by atoms with E-state index in [-0.39, 0.29) is 16.3 Å². The molecule has 0 spiro atoms. The molecular weight excluding hydrogens is 534 g/mol. The summed E-state index contributed by atoms with van der Waals surface area (Å²) in [4.78, 5) is 28.9. The maximum absolute atomic E-state index is 12.2. The number of methoxy groups -OCH3 is 1. The molecule has 0 fully saturated rings. The van der Waals surface area contributed by atoms with Gasteiger partial charge in [0.05, 0.1) is 23.9 Å². The quantitative estimate of drug-likeness (QED) is 0.205. The lowest BCUT2D eigenvalue weighted by Gasteiger charge is -2.17. The average Bonchev–Trinajstić information content (AvgIpc) is 2.89. The summed E-state index contributed by atoms with van der Waals surface area (Å²) in [5.41, 5.74) is 5.41. The summed E-state index contributed by atoms with van der Waals surface area (Å²) in [6, 6.07) is 25.8. The van der Waals surface area contributed by atoms with Gasteiger partial charge in [-0.1, -0.05) is 88.4 Å². The lowest BCUT2D eigenvalue weighted by atomic mass is 9.98. The monoisotopic (exact) mass is 559 g/mol. The number of thioether (sulfide) groups is 1. The first kappa shape index (κ1) is 25.9. The fraction of sp³-hybridized carbons (Fsp3) is 0.167. The van der Waals surface area contributed by atoms with Crippen LogP contribution in [0.5, 0.6) is 0 Å². The second-order valence-electron chi connectivity index (χ2n) is 8.36. The largest absolute Gasteiger partial charge is 0.465 e. The number of hydrogen-bond donors (Lipinski definition) is 0. The minimum Gasteiger partial charge on any atom is -0.465 e. The van der Waals surface area contributed by atoms with Crippen molar-refractivity contribution in [1.82, 2.24) is 4.98 Å². The zero-order chi connectivity index (χ0) is 25.5. The Morgan fingerprint density at radius 3 is 2.61 bits per heavy atom. The van der Waals surface area contributed by atoms with Gasteiger partial charge in [0.1, 0.15) is 0 Å². The van der Waals surface area contributed by atoms with Crippen molar-refractivity contribution in [3.63, 3.8) is 0 Å². The van der Waals surface area contributed by atoms with Crippen molar-refractivity contribution in [1.29, 1.82) is 0 Å². The molecule has 6 heteroatoms. The van der Waals surface area contributed by atoms with Crippen LogP contribution < -0.4 is 0 Å². The summed E-state index contributed by atoms with van der Waals surface area (Å²) in [5.74, 6) is -0.344. The molecule has 0 radical (unpaired) electrons. The van der Waals surface area contributed by atoms with Crippen molar-refractivity contribution >= 4 is 61.8 Å². The summed E-state index contributed by atoms with van der Waals surface area (Å²) >= 11 is 4.83. The molecule has 0 saturated carbocycles. The molecule has 4 aromatic rings. The Morgan fingerprint density at radius 2 is 1.81 bits per heavy atom. The van der Waals surface area contributed by atoms with E-state index < -0.39 is 0 Å². The molecular formula is C30H26BrNO3S. The van der Waals surface area contributed by atoms with E-state index in [9.17, 15) is 9.59 Å². The Labute approximate surface area is 223 Å². The summed E-state index contributed by atoms with van der Waals surface area (Å²) < 4.78 is 5.93. The first-order valence-corrected chi connectivity index (χ1v) is 13.3. The number of aromatic nitrogens is 1. The standard InChI is InChI=1S/C30H26BrNO3S/c1-20(33)36-29(17-13-22-7-3-4-9-27(22)30(34)35-2)24-8-5-6-21(18-24)10-15-26-16-12-23-11-14-25(31)19-28(23)32-26/h3-12,14-16,18-19,29H,13,17H2,1-2H3/b15-10+/t29-/m1/s1. The molecule has 1 aromatic heterocycles. The number of carbonyl (C=O) groups excluding carboxylic acids is 2. The van der Waals surface area contributed by atoms with E-state index in [0.29, 0.717) is 18.4 Å². The third-order valence-electron chi connectivity index (χ3n) is 5.81. The van der Waals surface area contributed by atoms with E-state index in [2.05, 4.69) is 34.1 Å². The zero-order valence-electron chi connectivity index (χ0n) is 20.1. The number of ether oxygens (including phenoxy) is 1. The molecule has 1 heterocycles. The van der Waals surface area contributed by atoms with E-state index in [4.69, 9.17) is 9.72 Å². The van der Waals surface area contributed by atoms with Crippen molar-refractivity contribution in [2.75, 3.05) is 7.11 Å². The predicted octanol–water partition coefficient (Wildman–Crippen LogP) is 7.91. The van der Waals surface area contributed by atoms with Gasteiger partial charge >= 0.3 is 5.97 Å². The van der Waals surface area contributed by atoms with Crippen molar-refractivity contribution in [3.8, 4) is 0 Å². The molecule has 36 heavy (non-hydrogen) atoms. The van der Waals surface area contributed by atoms with Gasteiger partial charge in [0.2, 0.25) is 0 Å². The van der Waals surface area contributed by atoms with Gasteiger partial charge in [-0.25, -0.2) is 9.78 Å². The predicted molar refractivity (Wildman–Crippen MR) is 152 cm³/mol. The van der Waals surface area contributed by atoms with Crippen LogP contribution in [0, 0.1) is 0 Å². The number of pyridine rings is 1. The molecule has 0 unspecified atom stereocenters. The molecule has 0 aliphatic rings. The summed E-state index contributed by atoms with van der Waals surface area (Å²) in [7, 11) is 1.39. The number of fused-ring (bicyclic) bond motifs is 1. The Kier molecular flexibility index (Phi) is 8.73. The Hall–Kier alpha value is -3.22. The Balaban J connectivity index is 1.54. The van der Waals surface area contributed by atoms with Gasteiger partial charge in [-0.05, 0) is 59.9 Å². The molecule has 0 N–H and O–H groups in total. The molecule has 3 aromatic carbocycles. The summed E-state index contributed by atoms with van der Waals surface area (Å²) in [6.45, 7) is 1.59. The molecule has 4 nitrogen and oxygen atoms in total. The number of halogens is 1. The fourth-order valence-electron chi connectivity index (χ4n) is 4.07. The lowest BCUT2D eigenvalue weighted by molar-refractivity contribution is -0.109. The summed E-state index contributed by atoms with van der Waals surface area (Å²) in [6.07, 6.45) is 5.41. The highest BCUT2D eigenvalue weighted by Crippen LogP contribution is 2.35. The van der Waals surface area contributed by atoms with Crippen LogP contribution in [0.3, 0.4) is 0 Å². The van der Waals surface area contributed by atoms with Crippen LogP contribution in [-0.2, 0) is 16.0 Å². The highest BCUT2D eigenvalue weighted by Gasteiger charge is 2.18. The van der Waals surface area contributed by atoms with Crippen molar-refractivity contribution < 1.29 is 14.3 Å². The van der Waals surface area contributed by atoms with Crippen LogP contribution in [-0.4, -0.2) is 23.2 Å². The van der Waals surface area contributed by atoms with Crippen LogP contribution >= 0.6 is 27.7 Å². The third kappa shape index (κ3) is 6.71. The molecule has 4 rings (SSSR count). The molecule has 0 bridgehead atoms. The first-order chi connectivity index (χ1) is 17.4. The van der Waals surface area contributed by atoms with Crippen molar-refractivity contribution in [2.45, 2.75) is 25.0 Å². The van der Waals surface area contributed by atoms with E-state index in [1.54, 1.807) is 13.0 Å². The zero-order valence-corrected chi connectivity index (χ0v) is 22.5. The SMILES string of the molecule is COC(=O)c1ccccc1CC[C@@H](SC(C)=O)c1cccc(/C=C/c2ccc3ccc(Br)cc3n2)c1. The summed E-state index contributed by atoms with van der Waals surface area (Å²) in [5, 5.41) is 1.13. The number of carbonyl (C=O) groups is 2. The van der Waals surface area contributed by atoms with E-state index in [0.717, 1.165) is 37.8 Å². The molecule has 0 amide bonds. The van der Waals surface area contributed by atoms with Gasteiger partial charge in [0.15, 0.2) is 5.12 Å². The first-order valence-electron chi connectivity index (χ1n) is 11.6. The Bertz CT molecular complexity index is 1430. The number of aryl methyl sites for hydroxylation is 1. The molecule has 1 atom stereocenters. The number of nitrogens with zero attached hydrogens (tertiary/aromatic N) is 1. The second kappa shape index (κ2) is 12.2. The Morgan fingerprint density at radius 1 is 1.00 bits per heavy atom. The third-order valence-corrected chi connectivity index (χ3v) is 7.43. The number of rotatable bonds is 8. The minimum absolute atomic E-state index is 0.0299. The highest BCUT2D eigenvalue weighted by atomic mass is 79.9. The van der Waals surface area contributed by atoms with Gasteiger partial charge in [-0.2, -0.15) is 0 Å². The van der Waals surface area contributed by atoms with E-state index >= 15 is 0 Å². The van der Waals surface area contributed by atoms with Crippen LogP contribution in [0.1, 0.15) is 51.3 Å². The van der Waals surface area contributed by atoms with Crippen LogP contribution in [0.25, 0.3) is 23.1 Å². The minimum atomic E-state index is -0.344. The topological polar surface area (TPSA) is 56.3 Å². The van der Waals surface area contributed by atoms with Gasteiger partial charge in [0, 0.05) is 22.0 Å². The number of benzene rings is 3. The second-order valence-corrected chi connectivity index (χ2v) is 10.7. The molecule has 182 valence electrons. The number of esters is 1. The van der Waals surface area contributed by atoms with Gasteiger partial charge in [0.25, 0.3) is 0 Å².